The van der Waals surface area contributed by atoms with Crippen LogP contribution in [0.15, 0.2) is 78.4 Å². The Morgan fingerprint density at radius 1 is 0.878 bits per heavy atom. The lowest BCUT2D eigenvalue weighted by Crippen LogP contribution is -2.54. The van der Waals surface area contributed by atoms with Gasteiger partial charge in [0.2, 0.25) is 0 Å². The second kappa shape index (κ2) is 10.0. The van der Waals surface area contributed by atoms with E-state index in [2.05, 4.69) is 23.5 Å². The van der Waals surface area contributed by atoms with Gasteiger partial charge in [0.25, 0.3) is 11.8 Å². The summed E-state index contributed by atoms with van der Waals surface area (Å²) in [5, 5.41) is 2.34. The third kappa shape index (κ3) is 4.86. The van der Waals surface area contributed by atoms with Crippen LogP contribution in [-0.4, -0.2) is 17.8 Å². The Balaban J connectivity index is 1.08. The predicted molar refractivity (Wildman–Crippen MR) is 157 cm³/mol. The van der Waals surface area contributed by atoms with Crippen molar-refractivity contribution in [3.63, 3.8) is 0 Å². The molecule has 4 amide bonds. The maximum atomic E-state index is 13.5. The van der Waals surface area contributed by atoms with Crippen molar-refractivity contribution in [1.82, 2.24) is 5.32 Å². The summed E-state index contributed by atoms with van der Waals surface area (Å²) in [6, 6.07) is 22.5. The zero-order valence-corrected chi connectivity index (χ0v) is 23.3. The van der Waals surface area contributed by atoms with Gasteiger partial charge in [-0.05, 0) is 116 Å². The maximum absolute atomic E-state index is 13.5. The molecule has 0 aromatic heterocycles. The lowest BCUT2D eigenvalue weighted by atomic mass is 9.48. The minimum Gasteiger partial charge on any atom is -0.489 e. The molecule has 208 valence electrons. The number of carbonyl (C=O) groups excluding carboxylic acids is 3. The number of carbonyl (C=O) groups is 3. The molecule has 4 bridgehead atoms. The van der Waals surface area contributed by atoms with Gasteiger partial charge in [0, 0.05) is 0 Å². The molecule has 1 aliphatic heterocycles. The first-order valence-electron chi connectivity index (χ1n) is 14.7. The van der Waals surface area contributed by atoms with E-state index >= 15 is 0 Å². The Morgan fingerprint density at radius 3 is 2.17 bits per heavy atom. The summed E-state index contributed by atoms with van der Waals surface area (Å²) in [7, 11) is 0. The van der Waals surface area contributed by atoms with Gasteiger partial charge in [-0.25, -0.2) is 9.69 Å². The highest BCUT2D eigenvalue weighted by Gasteiger charge is 2.51. The number of aryl methyl sites for hydroxylation is 1. The van der Waals surface area contributed by atoms with Crippen molar-refractivity contribution in [3.8, 4) is 5.75 Å². The molecule has 5 fully saturated rings. The normalized spacial score (nSPS) is 27.8. The molecule has 0 unspecified atom stereocenters. The number of nitrogens with zero attached hydrogens (tertiary/aromatic N) is 1. The molecule has 6 heteroatoms. The largest absolute Gasteiger partial charge is 0.489 e. The number of barbiturate groups is 1. The molecule has 8 rings (SSSR count). The van der Waals surface area contributed by atoms with Crippen LogP contribution < -0.4 is 15.0 Å². The molecule has 6 nitrogen and oxygen atoms in total. The van der Waals surface area contributed by atoms with Gasteiger partial charge >= 0.3 is 6.03 Å². The zero-order valence-electron chi connectivity index (χ0n) is 23.3. The van der Waals surface area contributed by atoms with Crippen LogP contribution in [0.1, 0.15) is 60.8 Å². The number of anilines is 1. The molecule has 1 heterocycles. The number of imide groups is 2. The molecule has 0 radical (unpaired) electrons. The van der Waals surface area contributed by atoms with Crippen LogP contribution in [0.4, 0.5) is 10.5 Å². The molecule has 41 heavy (non-hydrogen) atoms. The second-order valence-electron chi connectivity index (χ2n) is 12.5. The van der Waals surface area contributed by atoms with Gasteiger partial charge in [-0.2, -0.15) is 0 Å². The SMILES string of the molecule is Cc1cccc(COc2ccc(/C=C3\C(=O)NC(=O)N(c4ccc(C56CC7CC(CC(C7)C5)C6)cc4)C3=O)cc2)c1. The summed E-state index contributed by atoms with van der Waals surface area (Å²) in [6.07, 6.45) is 9.41. The van der Waals surface area contributed by atoms with Gasteiger partial charge in [-0.3, -0.25) is 14.9 Å². The number of urea groups is 1. The van der Waals surface area contributed by atoms with Crippen LogP contribution in [0.3, 0.4) is 0 Å². The summed E-state index contributed by atoms with van der Waals surface area (Å²) in [4.78, 5) is 40.0. The molecular formula is C35H34N2O4. The molecule has 5 aliphatic rings. The van der Waals surface area contributed by atoms with Gasteiger partial charge < -0.3 is 4.74 Å². The first-order valence-corrected chi connectivity index (χ1v) is 14.7. The van der Waals surface area contributed by atoms with Crippen molar-refractivity contribution in [3.05, 3.63) is 101 Å². The van der Waals surface area contributed by atoms with E-state index in [1.807, 2.05) is 37.3 Å². The van der Waals surface area contributed by atoms with E-state index in [9.17, 15) is 14.4 Å². The third-order valence-electron chi connectivity index (χ3n) is 9.56. The van der Waals surface area contributed by atoms with Crippen molar-refractivity contribution in [2.24, 2.45) is 17.8 Å². The quantitative estimate of drug-likeness (QED) is 0.276. The van der Waals surface area contributed by atoms with Gasteiger partial charge in [0.05, 0.1) is 5.69 Å². The van der Waals surface area contributed by atoms with E-state index in [0.717, 1.165) is 28.2 Å². The summed E-state index contributed by atoms with van der Waals surface area (Å²) in [5.41, 5.74) is 4.87. The van der Waals surface area contributed by atoms with Crippen LogP contribution in [0.5, 0.6) is 5.75 Å². The molecule has 3 aromatic carbocycles. The third-order valence-corrected chi connectivity index (χ3v) is 9.56. The minimum atomic E-state index is -0.723. The van der Waals surface area contributed by atoms with Crippen LogP contribution in [0.2, 0.25) is 0 Å². The van der Waals surface area contributed by atoms with Crippen LogP contribution >= 0.6 is 0 Å². The Bertz CT molecular complexity index is 1520. The smallest absolute Gasteiger partial charge is 0.335 e. The number of ether oxygens (including phenoxy) is 1. The van der Waals surface area contributed by atoms with E-state index in [1.165, 1.54) is 55.7 Å². The van der Waals surface area contributed by atoms with E-state index in [4.69, 9.17) is 4.74 Å². The highest BCUT2D eigenvalue weighted by molar-refractivity contribution is 6.39. The lowest BCUT2D eigenvalue weighted by Gasteiger charge is -2.57. The second-order valence-corrected chi connectivity index (χ2v) is 12.5. The number of amides is 4. The number of hydrogen-bond donors (Lipinski definition) is 1. The number of hydrogen-bond acceptors (Lipinski definition) is 4. The molecule has 0 spiro atoms. The van der Waals surface area contributed by atoms with Crippen molar-refractivity contribution in [2.45, 2.75) is 57.5 Å². The van der Waals surface area contributed by atoms with Crippen molar-refractivity contribution < 1.29 is 19.1 Å². The summed E-state index contributed by atoms with van der Waals surface area (Å²) >= 11 is 0. The van der Waals surface area contributed by atoms with Gasteiger partial charge in [0.1, 0.15) is 17.9 Å². The molecule has 1 saturated heterocycles. The fourth-order valence-corrected chi connectivity index (χ4v) is 8.12. The monoisotopic (exact) mass is 546 g/mol. The molecule has 3 aromatic rings. The van der Waals surface area contributed by atoms with Crippen LogP contribution in [0, 0.1) is 24.7 Å². The predicted octanol–water partition coefficient (Wildman–Crippen LogP) is 6.71. The van der Waals surface area contributed by atoms with Crippen molar-refractivity contribution in [1.29, 1.82) is 0 Å². The van der Waals surface area contributed by atoms with Gasteiger partial charge in [-0.15, -0.1) is 0 Å². The van der Waals surface area contributed by atoms with Crippen LogP contribution in [0.25, 0.3) is 6.08 Å². The average molecular weight is 547 g/mol. The minimum absolute atomic E-state index is 0.0804. The Kier molecular flexibility index (Phi) is 6.29. The molecule has 0 atom stereocenters. The average Bonchev–Trinajstić information content (AvgIpc) is 2.94. The molecule has 4 aliphatic carbocycles. The Hall–Kier alpha value is -4.19. The summed E-state index contributed by atoms with van der Waals surface area (Å²) in [6.45, 7) is 2.49. The standard InChI is InChI=1S/C35H34N2O4/c1-22-3-2-4-24(13-22)21-41-30-11-5-23(6-12-30)17-31-32(38)36-34(40)37(33(31)39)29-9-7-28(8-10-29)35-18-25-14-26(19-35)16-27(15-25)20-35/h2-13,17,25-27H,14-16,18-21H2,1H3,(H,36,38,40)/b31-17+. The molecular weight excluding hydrogens is 512 g/mol. The summed E-state index contributed by atoms with van der Waals surface area (Å²) < 4.78 is 5.89. The molecule has 4 saturated carbocycles. The van der Waals surface area contributed by atoms with Crippen molar-refractivity contribution >= 4 is 29.6 Å². The van der Waals surface area contributed by atoms with Gasteiger partial charge in [-0.1, -0.05) is 54.1 Å². The lowest BCUT2D eigenvalue weighted by molar-refractivity contribution is -0.122. The highest BCUT2D eigenvalue weighted by Crippen LogP contribution is 2.60. The maximum Gasteiger partial charge on any atom is 0.335 e. The van der Waals surface area contributed by atoms with E-state index in [1.54, 1.807) is 24.3 Å². The Morgan fingerprint density at radius 2 is 1.54 bits per heavy atom. The molecule has 1 N–H and O–H groups in total. The number of benzene rings is 3. The van der Waals surface area contributed by atoms with Crippen LogP contribution in [-0.2, 0) is 21.6 Å². The number of nitrogens with one attached hydrogen (secondary N) is 1. The summed E-state index contributed by atoms with van der Waals surface area (Å²) in [5.74, 6) is 1.87. The fraction of sp³-hybridized carbons (Fsp3) is 0.343. The highest BCUT2D eigenvalue weighted by atomic mass is 16.5. The zero-order chi connectivity index (χ0) is 28.1. The van der Waals surface area contributed by atoms with E-state index in [-0.39, 0.29) is 11.0 Å². The van der Waals surface area contributed by atoms with Gasteiger partial charge in [0.15, 0.2) is 0 Å². The first kappa shape index (κ1) is 25.8. The Labute approximate surface area is 240 Å². The van der Waals surface area contributed by atoms with Crippen molar-refractivity contribution in [2.75, 3.05) is 4.90 Å². The fourth-order valence-electron chi connectivity index (χ4n) is 8.12. The number of rotatable bonds is 6. The van der Waals surface area contributed by atoms with E-state index < -0.39 is 17.8 Å². The topological polar surface area (TPSA) is 75.7 Å². The van der Waals surface area contributed by atoms with E-state index in [0.29, 0.717) is 23.6 Å². The first-order chi connectivity index (χ1) is 19.8.